The molecule has 6 heteroatoms. The Morgan fingerprint density at radius 2 is 2.37 bits per heavy atom. The highest BCUT2D eigenvalue weighted by atomic mass is 32.1. The highest BCUT2D eigenvalue weighted by molar-refractivity contribution is 7.80. The molecule has 102 valence electrons. The number of thiocarbonyl (C=S) groups is 1. The Morgan fingerprint density at radius 1 is 1.63 bits per heavy atom. The van der Waals surface area contributed by atoms with E-state index in [0.29, 0.717) is 17.7 Å². The van der Waals surface area contributed by atoms with Crippen molar-refractivity contribution in [3.63, 3.8) is 0 Å². The van der Waals surface area contributed by atoms with Gasteiger partial charge in [-0.25, -0.2) is 0 Å². The Balaban J connectivity index is 1.95. The lowest BCUT2D eigenvalue weighted by Crippen LogP contribution is -2.48. The summed E-state index contributed by atoms with van der Waals surface area (Å²) in [5, 5.41) is 11.4. The second-order valence-electron chi connectivity index (χ2n) is 4.78. The zero-order valence-electron chi connectivity index (χ0n) is 11.0. The van der Waals surface area contributed by atoms with Crippen molar-refractivity contribution in [1.29, 1.82) is 5.41 Å². The normalized spacial score (nSPS) is 13.9. The molecule has 5 nitrogen and oxygen atoms in total. The quantitative estimate of drug-likeness (QED) is 0.437. The Hall–Kier alpha value is -1.69. The molecule has 0 radical (unpaired) electrons. The van der Waals surface area contributed by atoms with E-state index in [9.17, 15) is 0 Å². The zero-order chi connectivity index (χ0) is 13.8. The third-order valence-electron chi connectivity index (χ3n) is 3.13. The summed E-state index contributed by atoms with van der Waals surface area (Å²) in [6.45, 7) is 2.60. The van der Waals surface area contributed by atoms with Crippen molar-refractivity contribution in [2.75, 3.05) is 6.54 Å². The van der Waals surface area contributed by atoms with Crippen LogP contribution < -0.4 is 11.1 Å². The molecule has 0 unspecified atom stereocenters. The first-order valence-electron chi connectivity index (χ1n) is 6.40. The predicted octanol–water partition coefficient (Wildman–Crippen LogP) is 1.16. The number of pyridine rings is 1. The third-order valence-corrected chi connectivity index (χ3v) is 3.47. The molecule has 0 aliphatic heterocycles. The Bertz CT molecular complexity index is 484. The molecule has 1 heterocycles. The Kier molecular flexibility index (Phi) is 4.31. The molecule has 4 N–H and O–H groups in total. The van der Waals surface area contributed by atoms with E-state index in [-0.39, 0.29) is 5.96 Å². The van der Waals surface area contributed by atoms with Gasteiger partial charge in [0.2, 0.25) is 0 Å². The van der Waals surface area contributed by atoms with Crippen molar-refractivity contribution >= 4 is 23.3 Å². The van der Waals surface area contributed by atoms with Gasteiger partial charge in [-0.1, -0.05) is 6.07 Å². The van der Waals surface area contributed by atoms with Crippen LogP contribution in [0.5, 0.6) is 0 Å². The first-order chi connectivity index (χ1) is 9.08. The molecule has 2 rings (SSSR count). The molecule has 0 aromatic carbocycles. The molecule has 1 saturated carbocycles. The monoisotopic (exact) mass is 277 g/mol. The first kappa shape index (κ1) is 13.7. The van der Waals surface area contributed by atoms with Crippen molar-refractivity contribution < 1.29 is 0 Å². The molecule has 19 heavy (non-hydrogen) atoms. The molecule has 0 spiro atoms. The second-order valence-corrected chi connectivity index (χ2v) is 5.16. The summed E-state index contributed by atoms with van der Waals surface area (Å²) in [4.78, 5) is 5.97. The highest BCUT2D eigenvalue weighted by Gasteiger charge is 2.24. The molecular weight excluding hydrogens is 258 g/mol. The fraction of sp³-hybridized carbons (Fsp3) is 0.462. The summed E-state index contributed by atoms with van der Waals surface area (Å²) in [6, 6.07) is 4.41. The minimum Gasteiger partial charge on any atom is -0.370 e. The summed E-state index contributed by atoms with van der Waals surface area (Å²) >= 11 is 5.29. The zero-order valence-corrected chi connectivity index (χ0v) is 11.8. The number of nitrogens with two attached hydrogens (primary N) is 1. The van der Waals surface area contributed by atoms with Gasteiger partial charge in [-0.05, 0) is 43.6 Å². The van der Waals surface area contributed by atoms with Crippen molar-refractivity contribution in [1.82, 2.24) is 15.2 Å². The molecule has 0 atom stereocenters. The fourth-order valence-electron chi connectivity index (χ4n) is 1.81. The SMILES string of the molecule is Cc1cccnc1CCN(C(=N)N)C(=S)NC1CC1. The van der Waals surface area contributed by atoms with Crippen molar-refractivity contribution in [3.05, 3.63) is 29.6 Å². The third kappa shape index (κ3) is 3.89. The minimum atomic E-state index is -0.0215. The standard InChI is InChI=1S/C13H19N5S/c1-9-3-2-7-16-11(9)6-8-18(12(14)15)13(19)17-10-4-5-10/h2-3,7,10H,4-6,8H2,1H3,(H3,14,15)(H,17,19). The molecule has 0 amide bonds. The maximum atomic E-state index is 7.62. The molecular formula is C13H19N5S. The Morgan fingerprint density at radius 3 is 2.95 bits per heavy atom. The van der Waals surface area contributed by atoms with E-state index in [1.807, 2.05) is 19.1 Å². The number of hydrogen-bond acceptors (Lipinski definition) is 3. The van der Waals surface area contributed by atoms with E-state index in [0.717, 1.165) is 30.5 Å². The summed E-state index contributed by atoms with van der Waals surface area (Å²) < 4.78 is 0. The largest absolute Gasteiger partial charge is 0.370 e. The fourth-order valence-corrected chi connectivity index (χ4v) is 2.17. The van der Waals surface area contributed by atoms with E-state index < -0.39 is 0 Å². The van der Waals surface area contributed by atoms with Crippen molar-refractivity contribution in [2.24, 2.45) is 5.73 Å². The van der Waals surface area contributed by atoms with Crippen LogP contribution in [0.1, 0.15) is 24.1 Å². The summed E-state index contributed by atoms with van der Waals surface area (Å²) in [6.07, 6.45) is 4.79. The van der Waals surface area contributed by atoms with E-state index in [2.05, 4.69) is 10.3 Å². The number of rotatable bonds is 4. The summed E-state index contributed by atoms with van der Waals surface area (Å²) in [7, 11) is 0. The Labute approximate surface area is 118 Å². The maximum Gasteiger partial charge on any atom is 0.194 e. The van der Waals surface area contributed by atoms with Gasteiger partial charge in [0, 0.05) is 30.9 Å². The molecule has 0 saturated heterocycles. The molecule has 1 aromatic rings. The van der Waals surface area contributed by atoms with Crippen LogP contribution in [0.4, 0.5) is 0 Å². The number of guanidine groups is 1. The average molecular weight is 277 g/mol. The van der Waals surface area contributed by atoms with Crippen LogP contribution in [0.25, 0.3) is 0 Å². The summed E-state index contributed by atoms with van der Waals surface area (Å²) in [5.74, 6) is -0.0215. The van der Waals surface area contributed by atoms with Crippen LogP contribution >= 0.6 is 12.2 Å². The van der Waals surface area contributed by atoms with Crippen LogP contribution in [0.15, 0.2) is 18.3 Å². The second kappa shape index (κ2) is 5.97. The van der Waals surface area contributed by atoms with E-state index in [1.54, 1.807) is 11.1 Å². The molecule has 1 aliphatic carbocycles. The minimum absolute atomic E-state index is 0.0215. The molecule has 0 bridgehead atoms. The lowest BCUT2D eigenvalue weighted by molar-refractivity contribution is 0.572. The van der Waals surface area contributed by atoms with Crippen LogP contribution in [-0.4, -0.2) is 33.5 Å². The van der Waals surface area contributed by atoms with Crippen LogP contribution in [0.3, 0.4) is 0 Å². The van der Waals surface area contributed by atoms with E-state index in [4.69, 9.17) is 23.4 Å². The highest BCUT2D eigenvalue weighted by Crippen LogP contribution is 2.19. The first-order valence-corrected chi connectivity index (χ1v) is 6.81. The van der Waals surface area contributed by atoms with Gasteiger partial charge in [-0.15, -0.1) is 0 Å². The molecule has 1 aliphatic rings. The average Bonchev–Trinajstić information content (AvgIpc) is 3.15. The number of aryl methyl sites for hydroxylation is 1. The van der Waals surface area contributed by atoms with Gasteiger partial charge < -0.3 is 11.1 Å². The van der Waals surface area contributed by atoms with Gasteiger partial charge >= 0.3 is 0 Å². The van der Waals surface area contributed by atoms with Gasteiger partial charge in [-0.3, -0.25) is 15.3 Å². The molecule has 1 aromatic heterocycles. The predicted molar refractivity (Wildman–Crippen MR) is 80.1 cm³/mol. The van der Waals surface area contributed by atoms with E-state index in [1.165, 1.54) is 0 Å². The van der Waals surface area contributed by atoms with Gasteiger partial charge in [-0.2, -0.15) is 0 Å². The van der Waals surface area contributed by atoms with Crippen LogP contribution in [0, 0.1) is 12.3 Å². The van der Waals surface area contributed by atoms with Gasteiger partial charge in [0.25, 0.3) is 0 Å². The number of nitrogens with zero attached hydrogens (tertiary/aromatic N) is 2. The van der Waals surface area contributed by atoms with Crippen molar-refractivity contribution in [2.45, 2.75) is 32.2 Å². The lowest BCUT2D eigenvalue weighted by Gasteiger charge is -2.24. The van der Waals surface area contributed by atoms with Crippen LogP contribution in [0.2, 0.25) is 0 Å². The summed E-state index contributed by atoms with van der Waals surface area (Å²) in [5.41, 5.74) is 7.76. The maximum absolute atomic E-state index is 7.62. The number of nitrogens with one attached hydrogen (secondary N) is 2. The van der Waals surface area contributed by atoms with Gasteiger partial charge in [0.05, 0.1) is 0 Å². The smallest absolute Gasteiger partial charge is 0.194 e. The van der Waals surface area contributed by atoms with E-state index >= 15 is 0 Å². The number of aromatic nitrogens is 1. The lowest BCUT2D eigenvalue weighted by atomic mass is 10.1. The van der Waals surface area contributed by atoms with Crippen LogP contribution in [-0.2, 0) is 6.42 Å². The number of hydrogen-bond donors (Lipinski definition) is 3. The van der Waals surface area contributed by atoms with Gasteiger partial charge in [0.15, 0.2) is 11.1 Å². The van der Waals surface area contributed by atoms with Gasteiger partial charge in [0.1, 0.15) is 0 Å². The molecule has 1 fully saturated rings. The topological polar surface area (TPSA) is 78.0 Å². The van der Waals surface area contributed by atoms with Crippen molar-refractivity contribution in [3.8, 4) is 0 Å².